The van der Waals surface area contributed by atoms with Crippen molar-refractivity contribution in [2.75, 3.05) is 6.61 Å². The maximum absolute atomic E-state index is 12.8. The second-order valence-corrected chi connectivity index (χ2v) is 5.63. The number of nitrogens with zero attached hydrogens (tertiary/aromatic N) is 4. The predicted octanol–water partition coefficient (Wildman–Crippen LogP) is 3.83. The second-order valence-electron chi connectivity index (χ2n) is 5.63. The molecule has 0 amide bonds. The summed E-state index contributed by atoms with van der Waals surface area (Å²) in [6, 6.07) is 9.58. The summed E-state index contributed by atoms with van der Waals surface area (Å²) in [6.07, 6.45) is -4.45. The molecular weight excluding hydrogens is 361 g/mol. The Morgan fingerprint density at radius 1 is 1.15 bits per heavy atom. The summed E-state index contributed by atoms with van der Waals surface area (Å²) in [5.41, 5.74) is 0.814. The zero-order valence-corrected chi connectivity index (χ0v) is 14.5. The summed E-state index contributed by atoms with van der Waals surface area (Å²) in [4.78, 5) is 16.6. The molecule has 0 aliphatic carbocycles. The molecule has 9 heteroatoms. The van der Waals surface area contributed by atoms with Gasteiger partial charge in [-0.05, 0) is 50.2 Å². The van der Waals surface area contributed by atoms with Crippen molar-refractivity contribution in [3.63, 3.8) is 0 Å². The molecule has 2 heterocycles. The Hall–Kier alpha value is -3.23. The molecule has 0 fully saturated rings. The first-order valence-electron chi connectivity index (χ1n) is 8.05. The van der Waals surface area contributed by atoms with Gasteiger partial charge >= 0.3 is 12.1 Å². The number of esters is 1. The molecule has 3 aromatic rings. The topological polar surface area (TPSA) is 69.9 Å². The van der Waals surface area contributed by atoms with Crippen LogP contribution in [-0.2, 0) is 10.9 Å². The van der Waals surface area contributed by atoms with E-state index < -0.39 is 17.7 Å². The Labute approximate surface area is 152 Å². The van der Waals surface area contributed by atoms with Gasteiger partial charge in [-0.1, -0.05) is 11.3 Å². The van der Waals surface area contributed by atoms with Crippen LogP contribution >= 0.6 is 0 Å². The third kappa shape index (κ3) is 3.81. The molecule has 2 aromatic heterocycles. The molecule has 0 bridgehead atoms. The van der Waals surface area contributed by atoms with E-state index in [1.54, 1.807) is 32.0 Å². The van der Waals surface area contributed by atoms with Gasteiger partial charge in [-0.2, -0.15) is 13.2 Å². The van der Waals surface area contributed by atoms with Gasteiger partial charge in [0.15, 0.2) is 0 Å². The fraction of sp³-hybridized carbons (Fsp3) is 0.222. The monoisotopic (exact) mass is 376 g/mol. The van der Waals surface area contributed by atoms with Crippen LogP contribution in [0.1, 0.15) is 28.7 Å². The number of aryl methyl sites for hydroxylation is 1. The first-order chi connectivity index (χ1) is 12.8. The van der Waals surface area contributed by atoms with E-state index in [0.29, 0.717) is 17.1 Å². The first kappa shape index (κ1) is 18.6. The number of hydrogen-bond donors (Lipinski definition) is 0. The SMILES string of the molecule is CCOC(=O)c1nnn(-c2ccc(C(F)(F)F)cc2)c1-c1cccc(C)n1. The molecule has 0 saturated carbocycles. The van der Waals surface area contributed by atoms with E-state index in [1.807, 2.05) is 0 Å². The lowest BCUT2D eigenvalue weighted by Gasteiger charge is -2.10. The molecule has 0 aliphatic heterocycles. The number of hydrogen-bond acceptors (Lipinski definition) is 5. The van der Waals surface area contributed by atoms with Crippen LogP contribution in [0.5, 0.6) is 0 Å². The summed E-state index contributed by atoms with van der Waals surface area (Å²) in [5.74, 6) is -0.686. The van der Waals surface area contributed by atoms with Crippen LogP contribution in [0, 0.1) is 6.92 Å². The van der Waals surface area contributed by atoms with Crippen molar-refractivity contribution in [3.05, 3.63) is 59.4 Å². The van der Waals surface area contributed by atoms with Gasteiger partial charge in [0.2, 0.25) is 5.69 Å². The van der Waals surface area contributed by atoms with Crippen LogP contribution in [-0.4, -0.2) is 32.6 Å². The maximum atomic E-state index is 12.8. The first-order valence-corrected chi connectivity index (χ1v) is 8.05. The van der Waals surface area contributed by atoms with E-state index in [-0.39, 0.29) is 18.0 Å². The average molecular weight is 376 g/mol. The van der Waals surface area contributed by atoms with Gasteiger partial charge in [0, 0.05) is 5.69 Å². The van der Waals surface area contributed by atoms with Crippen LogP contribution in [0.25, 0.3) is 17.1 Å². The summed E-state index contributed by atoms with van der Waals surface area (Å²) in [7, 11) is 0. The second kappa shape index (κ2) is 7.18. The zero-order chi connectivity index (χ0) is 19.6. The quantitative estimate of drug-likeness (QED) is 0.647. The van der Waals surface area contributed by atoms with Gasteiger partial charge in [-0.25, -0.2) is 9.48 Å². The number of aromatic nitrogens is 4. The lowest BCUT2D eigenvalue weighted by atomic mass is 10.1. The van der Waals surface area contributed by atoms with Crippen LogP contribution in [0.2, 0.25) is 0 Å². The highest BCUT2D eigenvalue weighted by Crippen LogP contribution is 2.31. The van der Waals surface area contributed by atoms with Gasteiger partial charge in [0.1, 0.15) is 5.69 Å². The van der Waals surface area contributed by atoms with Crippen molar-refractivity contribution < 1.29 is 22.7 Å². The molecule has 0 unspecified atom stereocenters. The number of ether oxygens (including phenoxy) is 1. The Balaban J connectivity index is 2.14. The summed E-state index contributed by atoms with van der Waals surface area (Å²) in [5, 5.41) is 7.80. The molecule has 1 aromatic carbocycles. The molecule has 0 aliphatic rings. The molecule has 6 nitrogen and oxygen atoms in total. The Bertz CT molecular complexity index is 965. The number of carbonyl (C=O) groups excluding carboxylic acids is 1. The molecule has 0 saturated heterocycles. The lowest BCUT2D eigenvalue weighted by Crippen LogP contribution is -2.09. The fourth-order valence-electron chi connectivity index (χ4n) is 2.50. The molecule has 27 heavy (non-hydrogen) atoms. The van der Waals surface area contributed by atoms with Crippen molar-refractivity contribution in [1.29, 1.82) is 0 Å². The number of alkyl halides is 3. The Morgan fingerprint density at radius 2 is 1.85 bits per heavy atom. The van der Waals surface area contributed by atoms with Crippen LogP contribution in [0.4, 0.5) is 13.2 Å². The van der Waals surface area contributed by atoms with E-state index in [4.69, 9.17) is 4.74 Å². The van der Waals surface area contributed by atoms with Crippen molar-refractivity contribution in [2.45, 2.75) is 20.0 Å². The average Bonchev–Trinajstić information content (AvgIpc) is 3.06. The summed E-state index contributed by atoms with van der Waals surface area (Å²) in [6.45, 7) is 3.58. The number of halogens is 3. The number of pyridine rings is 1. The van der Waals surface area contributed by atoms with E-state index >= 15 is 0 Å². The highest BCUT2D eigenvalue weighted by molar-refractivity contribution is 5.94. The van der Waals surface area contributed by atoms with E-state index in [0.717, 1.165) is 12.1 Å². The molecule has 140 valence electrons. The minimum Gasteiger partial charge on any atom is -0.461 e. The molecule has 3 rings (SSSR count). The van der Waals surface area contributed by atoms with Crippen molar-refractivity contribution in [3.8, 4) is 17.1 Å². The van der Waals surface area contributed by atoms with Crippen molar-refractivity contribution in [1.82, 2.24) is 20.0 Å². The third-order valence-corrected chi connectivity index (χ3v) is 3.71. The standard InChI is InChI=1S/C18H15F3N4O2/c1-3-27-17(26)15-16(14-6-4-5-11(2)22-14)25(24-23-15)13-9-7-12(8-10-13)18(19,20)21/h4-10H,3H2,1-2H3. The molecule has 0 radical (unpaired) electrons. The minimum absolute atomic E-state index is 0.0603. The number of benzene rings is 1. The van der Waals surface area contributed by atoms with Crippen molar-refractivity contribution >= 4 is 5.97 Å². The summed E-state index contributed by atoms with van der Waals surface area (Å²) < 4.78 is 44.7. The molecule has 0 spiro atoms. The highest BCUT2D eigenvalue weighted by Gasteiger charge is 2.30. The predicted molar refractivity (Wildman–Crippen MR) is 90.3 cm³/mol. The molecule has 0 N–H and O–H groups in total. The van der Waals surface area contributed by atoms with Gasteiger partial charge < -0.3 is 4.74 Å². The van der Waals surface area contributed by atoms with Gasteiger partial charge in [-0.3, -0.25) is 4.98 Å². The van der Waals surface area contributed by atoms with Gasteiger partial charge in [-0.15, -0.1) is 5.10 Å². The number of carbonyl (C=O) groups is 1. The maximum Gasteiger partial charge on any atom is 0.416 e. The van der Waals surface area contributed by atoms with Crippen LogP contribution < -0.4 is 0 Å². The Morgan fingerprint density at radius 3 is 2.44 bits per heavy atom. The van der Waals surface area contributed by atoms with Gasteiger partial charge in [0.25, 0.3) is 0 Å². The summed E-state index contributed by atoms with van der Waals surface area (Å²) >= 11 is 0. The number of rotatable bonds is 4. The largest absolute Gasteiger partial charge is 0.461 e. The van der Waals surface area contributed by atoms with Crippen LogP contribution in [0.15, 0.2) is 42.5 Å². The van der Waals surface area contributed by atoms with Gasteiger partial charge in [0.05, 0.1) is 23.6 Å². The van der Waals surface area contributed by atoms with E-state index in [9.17, 15) is 18.0 Å². The molecular formula is C18H15F3N4O2. The third-order valence-electron chi connectivity index (χ3n) is 3.71. The minimum atomic E-state index is -4.45. The normalized spacial score (nSPS) is 11.4. The molecule has 0 atom stereocenters. The van der Waals surface area contributed by atoms with E-state index in [2.05, 4.69) is 15.3 Å². The van der Waals surface area contributed by atoms with Crippen LogP contribution in [0.3, 0.4) is 0 Å². The van der Waals surface area contributed by atoms with Crippen molar-refractivity contribution in [2.24, 2.45) is 0 Å². The van der Waals surface area contributed by atoms with E-state index in [1.165, 1.54) is 16.8 Å². The smallest absolute Gasteiger partial charge is 0.416 e. The highest BCUT2D eigenvalue weighted by atomic mass is 19.4. The zero-order valence-electron chi connectivity index (χ0n) is 14.5. The Kier molecular flexibility index (Phi) is 4.93. The lowest BCUT2D eigenvalue weighted by molar-refractivity contribution is -0.137. The fourth-order valence-corrected chi connectivity index (χ4v) is 2.50.